The smallest absolute Gasteiger partial charge is 0.167 e. The lowest BCUT2D eigenvalue weighted by Crippen LogP contribution is -2.19. The first-order chi connectivity index (χ1) is 7.70. The highest BCUT2D eigenvalue weighted by Crippen LogP contribution is 2.27. The minimum Gasteiger partial charge on any atom is -0.494 e. The van der Waals surface area contributed by atoms with Crippen molar-refractivity contribution in [2.24, 2.45) is 0 Å². The average Bonchev–Trinajstić information content (AvgIpc) is 2.75. The van der Waals surface area contributed by atoms with Crippen molar-refractivity contribution in [2.45, 2.75) is 12.5 Å². The Bertz CT molecular complexity index is 380. The zero-order valence-corrected chi connectivity index (χ0v) is 9.74. The maximum absolute atomic E-state index is 13.6. The van der Waals surface area contributed by atoms with Crippen LogP contribution in [0.3, 0.4) is 0 Å². The van der Waals surface area contributed by atoms with E-state index in [9.17, 15) is 8.78 Å². The first-order valence-corrected chi connectivity index (χ1v) is 6.23. The number of ether oxygens (including phenoxy) is 1. The van der Waals surface area contributed by atoms with E-state index >= 15 is 0 Å². The van der Waals surface area contributed by atoms with Gasteiger partial charge in [0.1, 0.15) is 5.82 Å². The van der Waals surface area contributed by atoms with E-state index < -0.39 is 11.6 Å². The van der Waals surface area contributed by atoms with Crippen molar-refractivity contribution in [2.75, 3.05) is 23.9 Å². The van der Waals surface area contributed by atoms with Crippen LogP contribution in [0, 0.1) is 11.6 Å². The zero-order valence-electron chi connectivity index (χ0n) is 8.93. The highest BCUT2D eigenvalue weighted by Gasteiger charge is 2.18. The molecule has 1 aromatic carbocycles. The van der Waals surface area contributed by atoms with Crippen LogP contribution >= 0.6 is 11.8 Å². The molecule has 16 heavy (non-hydrogen) atoms. The Kier molecular flexibility index (Phi) is 3.53. The van der Waals surface area contributed by atoms with Crippen LogP contribution in [0.15, 0.2) is 12.1 Å². The van der Waals surface area contributed by atoms with E-state index in [0.717, 1.165) is 30.1 Å². The Morgan fingerprint density at radius 2 is 2.19 bits per heavy atom. The molecule has 2 rings (SSSR count). The van der Waals surface area contributed by atoms with Gasteiger partial charge in [-0.05, 0) is 12.2 Å². The Hall–Kier alpha value is -0.970. The summed E-state index contributed by atoms with van der Waals surface area (Å²) in [6.07, 6.45) is 0.984. The molecular formula is C11H13F2NOS. The van der Waals surface area contributed by atoms with E-state index in [-0.39, 0.29) is 17.5 Å². The molecule has 1 unspecified atom stereocenters. The van der Waals surface area contributed by atoms with Crippen molar-refractivity contribution < 1.29 is 13.5 Å². The topological polar surface area (TPSA) is 21.3 Å². The summed E-state index contributed by atoms with van der Waals surface area (Å²) in [7, 11) is 1.32. The number of anilines is 1. The molecule has 0 aromatic heterocycles. The first kappa shape index (κ1) is 11.5. The Balaban J connectivity index is 2.17. The lowest BCUT2D eigenvalue weighted by atomic mass is 10.2. The van der Waals surface area contributed by atoms with Gasteiger partial charge in [0.15, 0.2) is 11.6 Å². The van der Waals surface area contributed by atoms with Crippen LogP contribution in [0.2, 0.25) is 0 Å². The molecule has 0 amide bonds. The number of hydrogen-bond donors (Lipinski definition) is 1. The maximum Gasteiger partial charge on any atom is 0.167 e. The second-order valence-electron chi connectivity index (χ2n) is 3.67. The van der Waals surface area contributed by atoms with Crippen LogP contribution in [-0.2, 0) is 0 Å². The molecule has 0 saturated carbocycles. The summed E-state index contributed by atoms with van der Waals surface area (Å²) in [5, 5.41) is 3.01. The van der Waals surface area contributed by atoms with Gasteiger partial charge in [0, 0.05) is 23.9 Å². The second-order valence-corrected chi connectivity index (χ2v) is 4.82. The molecule has 1 aromatic rings. The normalized spacial score (nSPS) is 19.8. The summed E-state index contributed by atoms with van der Waals surface area (Å²) in [4.78, 5) is 0. The number of hydrogen-bond acceptors (Lipinski definition) is 3. The molecule has 2 nitrogen and oxygen atoms in total. The van der Waals surface area contributed by atoms with E-state index in [0.29, 0.717) is 0 Å². The van der Waals surface area contributed by atoms with E-state index in [1.165, 1.54) is 7.11 Å². The van der Waals surface area contributed by atoms with Crippen molar-refractivity contribution in [3.63, 3.8) is 0 Å². The van der Waals surface area contributed by atoms with Crippen molar-refractivity contribution in [1.82, 2.24) is 0 Å². The lowest BCUT2D eigenvalue weighted by Gasteiger charge is -2.14. The zero-order chi connectivity index (χ0) is 11.5. The summed E-state index contributed by atoms with van der Waals surface area (Å²) < 4.78 is 31.6. The standard InChI is InChI=1S/C11H13F2NOS/c1-15-11-5-8(12)10(4-9(11)13)14-7-2-3-16-6-7/h4-5,7,14H,2-3,6H2,1H3. The van der Waals surface area contributed by atoms with E-state index in [1.807, 2.05) is 11.8 Å². The third-order valence-electron chi connectivity index (χ3n) is 2.53. The molecular weight excluding hydrogens is 232 g/mol. The third-order valence-corrected chi connectivity index (χ3v) is 3.69. The van der Waals surface area contributed by atoms with Gasteiger partial charge in [0.05, 0.1) is 12.8 Å². The van der Waals surface area contributed by atoms with Crippen LogP contribution in [0.25, 0.3) is 0 Å². The highest BCUT2D eigenvalue weighted by molar-refractivity contribution is 7.99. The number of methoxy groups -OCH3 is 1. The van der Waals surface area contributed by atoms with Crippen molar-refractivity contribution in [3.05, 3.63) is 23.8 Å². The highest BCUT2D eigenvalue weighted by atomic mass is 32.2. The van der Waals surface area contributed by atoms with Gasteiger partial charge in [-0.3, -0.25) is 0 Å². The summed E-state index contributed by atoms with van der Waals surface area (Å²) in [6, 6.07) is 2.45. The van der Waals surface area contributed by atoms with Crippen LogP contribution in [0.4, 0.5) is 14.5 Å². The monoisotopic (exact) mass is 245 g/mol. The van der Waals surface area contributed by atoms with Gasteiger partial charge in [-0.25, -0.2) is 8.78 Å². The Labute approximate surface area is 97.4 Å². The molecule has 0 radical (unpaired) electrons. The van der Waals surface area contributed by atoms with Crippen LogP contribution < -0.4 is 10.1 Å². The molecule has 1 atom stereocenters. The molecule has 5 heteroatoms. The van der Waals surface area contributed by atoms with Crippen molar-refractivity contribution in [1.29, 1.82) is 0 Å². The fourth-order valence-electron chi connectivity index (χ4n) is 1.66. The summed E-state index contributed by atoms with van der Waals surface area (Å²) in [5.74, 6) is 0.918. The van der Waals surface area contributed by atoms with Gasteiger partial charge in [-0.2, -0.15) is 11.8 Å². The molecule has 1 N–H and O–H groups in total. The van der Waals surface area contributed by atoms with Crippen molar-refractivity contribution in [3.8, 4) is 5.75 Å². The van der Waals surface area contributed by atoms with Crippen molar-refractivity contribution >= 4 is 17.4 Å². The molecule has 1 fully saturated rings. The molecule has 1 heterocycles. The van der Waals surface area contributed by atoms with Crippen LogP contribution in [-0.4, -0.2) is 24.7 Å². The summed E-state index contributed by atoms with van der Waals surface area (Å²) in [6.45, 7) is 0. The van der Waals surface area contributed by atoms with Gasteiger partial charge < -0.3 is 10.1 Å². The van der Waals surface area contributed by atoms with E-state index in [1.54, 1.807) is 0 Å². The molecule has 0 bridgehead atoms. The van der Waals surface area contributed by atoms with Crippen LogP contribution in [0.1, 0.15) is 6.42 Å². The summed E-state index contributed by atoms with van der Waals surface area (Å²) in [5.41, 5.74) is 0.214. The molecule has 0 aliphatic carbocycles. The largest absolute Gasteiger partial charge is 0.494 e. The van der Waals surface area contributed by atoms with Gasteiger partial charge in [0.2, 0.25) is 0 Å². The Morgan fingerprint density at radius 1 is 1.38 bits per heavy atom. The SMILES string of the molecule is COc1cc(F)c(NC2CCSC2)cc1F. The van der Waals surface area contributed by atoms with Crippen LogP contribution in [0.5, 0.6) is 5.75 Å². The first-order valence-electron chi connectivity index (χ1n) is 5.08. The fourth-order valence-corrected chi connectivity index (χ4v) is 2.82. The van der Waals surface area contributed by atoms with Gasteiger partial charge in [-0.15, -0.1) is 0 Å². The quantitative estimate of drug-likeness (QED) is 0.884. The number of benzene rings is 1. The predicted molar refractivity (Wildman–Crippen MR) is 62.3 cm³/mol. The Morgan fingerprint density at radius 3 is 2.81 bits per heavy atom. The van der Waals surface area contributed by atoms with E-state index in [4.69, 9.17) is 4.74 Å². The minimum absolute atomic E-state index is 0.0659. The molecule has 1 aliphatic rings. The van der Waals surface area contributed by atoms with Gasteiger partial charge >= 0.3 is 0 Å². The molecule has 88 valence electrons. The number of nitrogens with one attached hydrogen (secondary N) is 1. The average molecular weight is 245 g/mol. The minimum atomic E-state index is -0.544. The number of thioether (sulfide) groups is 1. The predicted octanol–water partition coefficient (Wildman–Crippen LogP) is 2.89. The summed E-state index contributed by atoms with van der Waals surface area (Å²) >= 11 is 1.82. The third kappa shape index (κ3) is 2.40. The molecule has 0 spiro atoms. The maximum atomic E-state index is 13.6. The van der Waals surface area contributed by atoms with Gasteiger partial charge in [0.25, 0.3) is 0 Å². The molecule has 1 saturated heterocycles. The van der Waals surface area contributed by atoms with E-state index in [2.05, 4.69) is 5.32 Å². The lowest BCUT2D eigenvalue weighted by molar-refractivity contribution is 0.383. The number of halogens is 2. The van der Waals surface area contributed by atoms with Gasteiger partial charge in [-0.1, -0.05) is 0 Å². The second kappa shape index (κ2) is 4.91. The number of rotatable bonds is 3. The molecule has 1 aliphatic heterocycles. The fraction of sp³-hybridized carbons (Fsp3) is 0.455.